The predicted molar refractivity (Wildman–Crippen MR) is 169 cm³/mol. The number of hydrogen-bond acceptors (Lipinski definition) is 8. The van der Waals surface area contributed by atoms with Crippen LogP contribution >= 0.6 is 22.7 Å². The monoisotopic (exact) mass is 626 g/mol. The van der Waals surface area contributed by atoms with E-state index in [9.17, 15) is 18.4 Å². The summed E-state index contributed by atoms with van der Waals surface area (Å²) in [6.07, 6.45) is 4.72. The molecule has 0 spiro atoms. The van der Waals surface area contributed by atoms with E-state index in [4.69, 9.17) is 0 Å². The Balaban J connectivity index is 0.908. The molecule has 2 aliphatic rings. The van der Waals surface area contributed by atoms with Gasteiger partial charge in [0.15, 0.2) is 10.3 Å². The molecule has 0 aliphatic carbocycles. The first kappa shape index (κ1) is 29.7. The summed E-state index contributed by atoms with van der Waals surface area (Å²) in [7, 11) is 4.04. The Kier molecular flexibility index (Phi) is 8.76. The molecule has 0 N–H and O–H groups in total. The molecule has 4 aromatic rings. The highest BCUT2D eigenvalue weighted by Gasteiger charge is 2.29. The van der Waals surface area contributed by atoms with E-state index < -0.39 is 0 Å². The Morgan fingerprint density at radius 3 is 1.53 bits per heavy atom. The molecule has 228 valence electrons. The van der Waals surface area contributed by atoms with Crippen molar-refractivity contribution >= 4 is 65.2 Å². The lowest BCUT2D eigenvalue weighted by Crippen LogP contribution is -2.46. The third kappa shape index (κ3) is 6.59. The van der Waals surface area contributed by atoms with Crippen LogP contribution in [0.2, 0.25) is 0 Å². The van der Waals surface area contributed by atoms with Crippen LogP contribution in [-0.4, -0.2) is 83.9 Å². The van der Waals surface area contributed by atoms with Crippen molar-refractivity contribution in [3.05, 3.63) is 48.0 Å². The molecule has 0 radical (unpaired) electrons. The van der Waals surface area contributed by atoms with E-state index in [0.29, 0.717) is 56.5 Å². The van der Waals surface area contributed by atoms with Crippen molar-refractivity contribution in [2.45, 2.75) is 57.0 Å². The Hall–Kier alpha value is -3.38. The van der Waals surface area contributed by atoms with Gasteiger partial charge in [0.05, 0.1) is 20.4 Å². The smallest absolute Gasteiger partial charge is 0.222 e. The molecule has 6 rings (SSSR count). The van der Waals surface area contributed by atoms with Crippen LogP contribution in [0.25, 0.3) is 20.4 Å². The van der Waals surface area contributed by atoms with Crippen molar-refractivity contribution in [3.8, 4) is 0 Å². The van der Waals surface area contributed by atoms with Gasteiger partial charge in [-0.25, -0.2) is 18.7 Å². The minimum absolute atomic E-state index is 0.111. The zero-order chi connectivity index (χ0) is 30.1. The first-order valence-electron chi connectivity index (χ1n) is 14.9. The van der Waals surface area contributed by atoms with E-state index in [1.54, 1.807) is 34.8 Å². The number of fused-ring (bicyclic) bond motifs is 2. The largest absolute Gasteiger partial charge is 0.348 e. The molecule has 0 bridgehead atoms. The Morgan fingerprint density at radius 2 is 1.14 bits per heavy atom. The molecule has 0 atom stereocenters. The van der Waals surface area contributed by atoms with Gasteiger partial charge < -0.3 is 19.6 Å². The van der Waals surface area contributed by atoms with Crippen LogP contribution in [0.4, 0.5) is 19.0 Å². The highest BCUT2D eigenvalue weighted by Crippen LogP contribution is 2.33. The number of rotatable bonds is 8. The second-order valence-corrected chi connectivity index (χ2v) is 13.5. The van der Waals surface area contributed by atoms with Gasteiger partial charge in [0.2, 0.25) is 11.8 Å². The molecule has 43 heavy (non-hydrogen) atoms. The zero-order valence-electron chi connectivity index (χ0n) is 24.5. The number of likely N-dealkylation sites (tertiary alicyclic amines) is 2. The minimum atomic E-state index is -0.282. The van der Waals surface area contributed by atoms with E-state index in [1.165, 1.54) is 24.3 Å². The number of amides is 2. The molecule has 2 saturated heterocycles. The fraction of sp³-hybridized carbons (Fsp3) is 0.484. The van der Waals surface area contributed by atoms with E-state index in [-0.39, 0.29) is 35.5 Å². The molecule has 2 aromatic heterocycles. The molecule has 0 unspecified atom stereocenters. The predicted octanol–water partition coefficient (Wildman–Crippen LogP) is 5.91. The third-order valence-electron chi connectivity index (χ3n) is 8.79. The summed E-state index contributed by atoms with van der Waals surface area (Å²) < 4.78 is 29.0. The van der Waals surface area contributed by atoms with Crippen LogP contribution in [0.1, 0.15) is 44.9 Å². The maximum Gasteiger partial charge on any atom is 0.222 e. The fourth-order valence-electron chi connectivity index (χ4n) is 6.10. The highest BCUT2D eigenvalue weighted by atomic mass is 32.1. The molecule has 2 fully saturated rings. The second kappa shape index (κ2) is 12.7. The summed E-state index contributed by atoms with van der Waals surface area (Å²) >= 11 is 3.11. The lowest BCUT2D eigenvalue weighted by atomic mass is 10.0. The van der Waals surface area contributed by atoms with Gasteiger partial charge in [-0.05, 0) is 56.4 Å². The number of benzene rings is 2. The van der Waals surface area contributed by atoms with Gasteiger partial charge in [-0.3, -0.25) is 9.59 Å². The van der Waals surface area contributed by atoms with Crippen molar-refractivity contribution in [1.29, 1.82) is 0 Å². The molecule has 8 nitrogen and oxygen atoms in total. The molecular weight excluding hydrogens is 591 g/mol. The second-order valence-electron chi connectivity index (χ2n) is 11.5. The first-order chi connectivity index (χ1) is 20.7. The summed E-state index contributed by atoms with van der Waals surface area (Å²) in [6.45, 7) is 2.75. The van der Waals surface area contributed by atoms with Gasteiger partial charge in [-0.1, -0.05) is 22.7 Å². The Morgan fingerprint density at radius 1 is 0.744 bits per heavy atom. The van der Waals surface area contributed by atoms with Gasteiger partial charge in [0.1, 0.15) is 11.6 Å². The van der Waals surface area contributed by atoms with Crippen molar-refractivity contribution in [2.75, 3.05) is 50.1 Å². The number of thiazole rings is 2. The van der Waals surface area contributed by atoms with Crippen LogP contribution in [0.15, 0.2) is 36.4 Å². The summed E-state index contributed by atoms with van der Waals surface area (Å²) in [5, 5.41) is 1.74. The summed E-state index contributed by atoms with van der Waals surface area (Å²) in [5.74, 6) is -0.342. The lowest BCUT2D eigenvalue weighted by Gasteiger charge is -2.37. The van der Waals surface area contributed by atoms with Crippen molar-refractivity contribution in [2.24, 2.45) is 0 Å². The molecule has 4 heterocycles. The van der Waals surface area contributed by atoms with Gasteiger partial charge in [-0.2, -0.15) is 0 Å². The number of anilines is 2. The molecular formula is C31H36F2N6O2S2. The number of nitrogens with zero attached hydrogens (tertiary/aromatic N) is 6. The van der Waals surface area contributed by atoms with Crippen LogP contribution < -0.4 is 9.80 Å². The molecule has 2 aromatic carbocycles. The third-order valence-corrected chi connectivity index (χ3v) is 11.0. The summed E-state index contributed by atoms with van der Waals surface area (Å²) in [5.41, 5.74) is 1.35. The van der Waals surface area contributed by atoms with Gasteiger partial charge >= 0.3 is 0 Å². The van der Waals surface area contributed by atoms with E-state index >= 15 is 0 Å². The summed E-state index contributed by atoms with van der Waals surface area (Å²) in [6, 6.07) is 9.93. The van der Waals surface area contributed by atoms with Crippen LogP contribution in [0.3, 0.4) is 0 Å². The highest BCUT2D eigenvalue weighted by molar-refractivity contribution is 7.22. The topological polar surface area (TPSA) is 72.9 Å². The molecule has 0 saturated carbocycles. The number of carbonyl (C=O) groups excluding carboxylic acids is 2. The van der Waals surface area contributed by atoms with Gasteiger partial charge in [-0.15, -0.1) is 0 Å². The Bertz CT molecular complexity index is 1490. The number of carbonyl (C=O) groups is 2. The van der Waals surface area contributed by atoms with Crippen molar-refractivity contribution in [3.63, 3.8) is 0 Å². The molecule has 12 heteroatoms. The van der Waals surface area contributed by atoms with Gasteiger partial charge in [0.25, 0.3) is 0 Å². The van der Waals surface area contributed by atoms with Gasteiger partial charge in [0, 0.05) is 77.3 Å². The van der Waals surface area contributed by atoms with E-state index in [1.807, 2.05) is 23.9 Å². The number of aromatic nitrogens is 2. The molecule has 2 aliphatic heterocycles. The minimum Gasteiger partial charge on any atom is -0.348 e. The average Bonchev–Trinajstić information content (AvgIpc) is 3.64. The van der Waals surface area contributed by atoms with E-state index in [0.717, 1.165) is 45.3 Å². The average molecular weight is 627 g/mol. The maximum absolute atomic E-state index is 13.6. The Labute approximate surface area is 257 Å². The number of hydrogen-bond donors (Lipinski definition) is 0. The number of halogens is 2. The lowest BCUT2D eigenvalue weighted by molar-refractivity contribution is -0.133. The van der Waals surface area contributed by atoms with Crippen LogP contribution in [0, 0.1) is 11.6 Å². The summed E-state index contributed by atoms with van der Waals surface area (Å²) in [4.78, 5) is 43.2. The van der Waals surface area contributed by atoms with E-state index in [2.05, 4.69) is 19.8 Å². The quantitative estimate of drug-likeness (QED) is 0.242. The first-order valence-corrected chi connectivity index (χ1v) is 16.5. The van der Waals surface area contributed by atoms with Crippen LogP contribution in [0.5, 0.6) is 0 Å². The molecule has 2 amide bonds. The maximum atomic E-state index is 13.6. The van der Waals surface area contributed by atoms with Crippen molar-refractivity contribution in [1.82, 2.24) is 19.8 Å². The number of piperidine rings is 2. The normalized spacial score (nSPS) is 16.7. The standard InChI is InChI=1S/C31H36F2N6O2S2/c1-36(30-34-24-18-20(32)6-8-26(24)42-30)22-10-14-38(15-11-22)28(40)4-3-5-29(41)39-16-12-23(13-17-39)37(2)31-35-25-19-21(33)7-9-27(25)43-31/h6-9,18-19,22-23H,3-5,10-17H2,1-2H3. The van der Waals surface area contributed by atoms with Crippen molar-refractivity contribution < 1.29 is 18.4 Å². The van der Waals surface area contributed by atoms with Crippen LogP contribution in [-0.2, 0) is 9.59 Å². The zero-order valence-corrected chi connectivity index (χ0v) is 26.1. The SMILES string of the molecule is CN(c1nc2cc(F)ccc2s1)C1CCN(C(=O)CCCC(=O)N2CCC(N(C)c3nc4cc(F)ccc4s3)CC2)CC1. The fourth-order valence-corrected chi connectivity index (χ4v) is 8.06.